The van der Waals surface area contributed by atoms with Gasteiger partial charge in [-0.15, -0.1) is 0 Å². The molecule has 4 heteroatoms. The Kier molecular flexibility index (Phi) is 4.86. The van der Waals surface area contributed by atoms with Crippen molar-refractivity contribution >= 4 is 5.91 Å². The number of likely N-dealkylation sites (tertiary alicyclic amines) is 1. The minimum absolute atomic E-state index is 0.155. The zero-order valence-electron chi connectivity index (χ0n) is 14.3. The number of carbonyl (C=O) groups is 1. The minimum atomic E-state index is 0.155. The Morgan fingerprint density at radius 1 is 1.25 bits per heavy atom. The molecule has 1 amide bonds. The summed E-state index contributed by atoms with van der Waals surface area (Å²) in [6.45, 7) is 3.20. The van der Waals surface area contributed by atoms with Crippen LogP contribution in [0.4, 0.5) is 0 Å². The molecule has 1 aliphatic rings. The van der Waals surface area contributed by atoms with E-state index in [0.29, 0.717) is 19.5 Å². The van der Waals surface area contributed by atoms with Gasteiger partial charge in [-0.2, -0.15) is 0 Å². The summed E-state index contributed by atoms with van der Waals surface area (Å²) in [5, 5.41) is 0. The summed E-state index contributed by atoms with van der Waals surface area (Å²) in [4.78, 5) is 14.0. The highest BCUT2D eigenvalue weighted by Gasteiger charge is 2.29. The van der Waals surface area contributed by atoms with Crippen LogP contribution in [0.5, 0.6) is 5.75 Å². The molecule has 0 bridgehead atoms. The van der Waals surface area contributed by atoms with Crippen LogP contribution in [0.25, 0.3) is 11.1 Å². The molecule has 1 aliphatic heterocycles. The van der Waals surface area contributed by atoms with Crippen LogP contribution in [-0.4, -0.2) is 30.5 Å². The molecule has 0 saturated carbocycles. The van der Waals surface area contributed by atoms with E-state index in [9.17, 15) is 4.79 Å². The number of hydrogen-bond acceptors (Lipinski definition) is 3. The van der Waals surface area contributed by atoms with Crippen LogP contribution in [0, 0.1) is 6.92 Å². The lowest BCUT2D eigenvalue weighted by Crippen LogP contribution is -2.37. The Bertz CT molecular complexity index is 742. The third kappa shape index (κ3) is 3.29. The summed E-state index contributed by atoms with van der Waals surface area (Å²) in [5.74, 6) is 1.03. The first-order valence-electron chi connectivity index (χ1n) is 8.36. The van der Waals surface area contributed by atoms with Gasteiger partial charge in [0, 0.05) is 31.1 Å². The predicted molar refractivity (Wildman–Crippen MR) is 95.8 cm³/mol. The van der Waals surface area contributed by atoms with E-state index in [1.54, 1.807) is 7.11 Å². The van der Waals surface area contributed by atoms with Crippen LogP contribution >= 0.6 is 0 Å². The van der Waals surface area contributed by atoms with Gasteiger partial charge in [0.15, 0.2) is 0 Å². The molecule has 1 atom stereocenters. The molecule has 1 fully saturated rings. The van der Waals surface area contributed by atoms with Gasteiger partial charge in [-0.05, 0) is 36.6 Å². The fourth-order valence-corrected chi connectivity index (χ4v) is 3.34. The molecule has 0 aliphatic carbocycles. The SMILES string of the molecule is COc1ccc(CN2C(=O)CCC2CN)cc1-c1cccc(C)c1. The van der Waals surface area contributed by atoms with Gasteiger partial charge in [0.05, 0.1) is 7.11 Å². The molecule has 2 aromatic rings. The second kappa shape index (κ2) is 7.05. The van der Waals surface area contributed by atoms with Crippen LogP contribution in [-0.2, 0) is 11.3 Å². The van der Waals surface area contributed by atoms with Crippen molar-refractivity contribution in [3.8, 4) is 16.9 Å². The fraction of sp³-hybridized carbons (Fsp3) is 0.350. The third-order valence-electron chi connectivity index (χ3n) is 4.67. The molecule has 24 heavy (non-hydrogen) atoms. The van der Waals surface area contributed by atoms with Crippen molar-refractivity contribution in [3.63, 3.8) is 0 Å². The molecule has 2 N–H and O–H groups in total. The molecule has 1 saturated heterocycles. The summed E-state index contributed by atoms with van der Waals surface area (Å²) in [7, 11) is 1.68. The Hall–Kier alpha value is -2.33. The number of methoxy groups -OCH3 is 1. The Morgan fingerprint density at radius 3 is 2.79 bits per heavy atom. The topological polar surface area (TPSA) is 55.6 Å². The van der Waals surface area contributed by atoms with Gasteiger partial charge in [-0.3, -0.25) is 4.79 Å². The van der Waals surface area contributed by atoms with Gasteiger partial charge < -0.3 is 15.4 Å². The maximum atomic E-state index is 12.1. The average molecular weight is 324 g/mol. The van der Waals surface area contributed by atoms with Gasteiger partial charge in [-0.1, -0.05) is 35.9 Å². The zero-order valence-corrected chi connectivity index (χ0v) is 14.3. The van der Waals surface area contributed by atoms with Crippen molar-refractivity contribution in [2.24, 2.45) is 5.73 Å². The lowest BCUT2D eigenvalue weighted by Gasteiger charge is -2.24. The molecule has 1 heterocycles. The molecule has 4 nitrogen and oxygen atoms in total. The predicted octanol–water partition coefficient (Wildman–Crippen LogP) is 3.12. The molecule has 2 aromatic carbocycles. The summed E-state index contributed by atoms with van der Waals surface area (Å²) >= 11 is 0. The number of aryl methyl sites for hydroxylation is 1. The molecule has 0 spiro atoms. The molecule has 126 valence electrons. The van der Waals surface area contributed by atoms with Crippen molar-refractivity contribution in [3.05, 3.63) is 53.6 Å². The maximum Gasteiger partial charge on any atom is 0.223 e. The van der Waals surface area contributed by atoms with Crippen LogP contribution < -0.4 is 10.5 Å². The normalized spacial score (nSPS) is 17.4. The molecule has 0 aromatic heterocycles. The first-order valence-corrected chi connectivity index (χ1v) is 8.36. The quantitative estimate of drug-likeness (QED) is 0.919. The second-order valence-electron chi connectivity index (χ2n) is 6.35. The summed E-state index contributed by atoms with van der Waals surface area (Å²) < 4.78 is 5.53. The smallest absolute Gasteiger partial charge is 0.223 e. The Labute approximate surface area is 143 Å². The summed E-state index contributed by atoms with van der Waals surface area (Å²) in [6.07, 6.45) is 1.46. The van der Waals surface area contributed by atoms with Crippen molar-refractivity contribution in [1.29, 1.82) is 0 Å². The number of hydrogen-bond donors (Lipinski definition) is 1. The van der Waals surface area contributed by atoms with Gasteiger partial charge in [0.2, 0.25) is 5.91 Å². The van der Waals surface area contributed by atoms with E-state index in [2.05, 4.69) is 31.2 Å². The minimum Gasteiger partial charge on any atom is -0.496 e. The standard InChI is InChI=1S/C20H24N2O2/c1-14-4-3-5-16(10-14)18-11-15(6-8-19(18)24-2)13-22-17(12-21)7-9-20(22)23/h3-6,8,10-11,17H,7,9,12-13,21H2,1-2H3. The van der Waals surface area contributed by atoms with Crippen molar-refractivity contribution in [2.75, 3.05) is 13.7 Å². The third-order valence-corrected chi connectivity index (χ3v) is 4.67. The van der Waals surface area contributed by atoms with Crippen LogP contribution in [0.1, 0.15) is 24.0 Å². The Balaban J connectivity index is 1.93. The van der Waals surface area contributed by atoms with E-state index in [0.717, 1.165) is 28.9 Å². The Morgan fingerprint density at radius 2 is 2.08 bits per heavy atom. The highest BCUT2D eigenvalue weighted by molar-refractivity contribution is 5.79. The van der Waals surface area contributed by atoms with Crippen LogP contribution in [0.15, 0.2) is 42.5 Å². The lowest BCUT2D eigenvalue weighted by molar-refractivity contribution is -0.129. The summed E-state index contributed by atoms with van der Waals surface area (Å²) in [5.41, 5.74) is 10.3. The fourth-order valence-electron chi connectivity index (χ4n) is 3.34. The molecule has 3 rings (SSSR count). The maximum absolute atomic E-state index is 12.1. The van der Waals surface area contributed by atoms with Crippen LogP contribution in [0.3, 0.4) is 0 Å². The van der Waals surface area contributed by atoms with Crippen molar-refractivity contribution in [2.45, 2.75) is 32.4 Å². The number of nitrogens with two attached hydrogens (primary N) is 1. The first-order chi connectivity index (χ1) is 11.6. The van der Waals surface area contributed by atoms with Gasteiger partial charge >= 0.3 is 0 Å². The summed E-state index contributed by atoms with van der Waals surface area (Å²) in [6, 6.07) is 14.6. The average Bonchev–Trinajstić information content (AvgIpc) is 2.95. The van der Waals surface area contributed by atoms with E-state index >= 15 is 0 Å². The van der Waals surface area contributed by atoms with Crippen LogP contribution in [0.2, 0.25) is 0 Å². The first kappa shape index (κ1) is 16.5. The highest BCUT2D eigenvalue weighted by atomic mass is 16.5. The number of carbonyl (C=O) groups excluding carboxylic acids is 1. The number of ether oxygens (including phenoxy) is 1. The van der Waals surface area contributed by atoms with Crippen molar-refractivity contribution < 1.29 is 9.53 Å². The lowest BCUT2D eigenvalue weighted by atomic mass is 10.00. The van der Waals surface area contributed by atoms with E-state index in [1.807, 2.05) is 23.1 Å². The van der Waals surface area contributed by atoms with E-state index in [-0.39, 0.29) is 11.9 Å². The molecular weight excluding hydrogens is 300 g/mol. The van der Waals surface area contributed by atoms with Crippen molar-refractivity contribution in [1.82, 2.24) is 4.90 Å². The number of rotatable bonds is 5. The second-order valence-corrected chi connectivity index (χ2v) is 6.35. The van der Waals surface area contributed by atoms with Gasteiger partial charge in [-0.25, -0.2) is 0 Å². The zero-order chi connectivity index (χ0) is 17.1. The monoisotopic (exact) mass is 324 g/mol. The largest absolute Gasteiger partial charge is 0.496 e. The number of benzene rings is 2. The van der Waals surface area contributed by atoms with E-state index < -0.39 is 0 Å². The number of nitrogens with zero attached hydrogens (tertiary/aromatic N) is 1. The van der Waals surface area contributed by atoms with E-state index in [1.165, 1.54) is 5.56 Å². The molecule has 0 radical (unpaired) electrons. The van der Waals surface area contributed by atoms with Gasteiger partial charge in [0.25, 0.3) is 0 Å². The van der Waals surface area contributed by atoms with E-state index in [4.69, 9.17) is 10.5 Å². The molecular formula is C20H24N2O2. The number of amides is 1. The highest BCUT2D eigenvalue weighted by Crippen LogP contribution is 2.32. The van der Waals surface area contributed by atoms with Gasteiger partial charge in [0.1, 0.15) is 5.75 Å². The molecule has 1 unspecified atom stereocenters.